The monoisotopic (exact) mass is 308 g/mol. The zero-order valence-corrected chi connectivity index (χ0v) is 12.8. The van der Waals surface area contributed by atoms with Gasteiger partial charge in [0.05, 0.1) is 18.2 Å². The Bertz CT molecular complexity index is 543. The van der Waals surface area contributed by atoms with E-state index in [1.165, 1.54) is 6.07 Å². The smallest absolute Gasteiger partial charge is 0.167 e. The zero-order valence-electron chi connectivity index (χ0n) is 12.0. The van der Waals surface area contributed by atoms with E-state index in [0.29, 0.717) is 5.11 Å². The number of halogens is 1. The van der Waals surface area contributed by atoms with Gasteiger partial charge < -0.3 is 15.7 Å². The highest BCUT2D eigenvalue weighted by atomic mass is 32.1. The number of rotatable bonds is 3. The molecule has 0 saturated heterocycles. The second-order valence-electron chi connectivity index (χ2n) is 6.14. The molecule has 0 amide bonds. The summed E-state index contributed by atoms with van der Waals surface area (Å²) in [4.78, 5) is 0. The average molecular weight is 308 g/mol. The lowest BCUT2D eigenvalue weighted by Gasteiger charge is -2.30. The number of hydrogen-bond acceptors (Lipinski definition) is 2. The number of thiocarbonyl (C=S) groups is 1. The third-order valence-electron chi connectivity index (χ3n) is 4.76. The molecule has 2 aliphatic rings. The van der Waals surface area contributed by atoms with Crippen LogP contribution in [0, 0.1) is 5.82 Å². The Morgan fingerprint density at radius 1 is 1.38 bits per heavy atom. The van der Waals surface area contributed by atoms with Crippen LogP contribution in [0.5, 0.6) is 0 Å². The Morgan fingerprint density at radius 3 is 2.86 bits per heavy atom. The van der Waals surface area contributed by atoms with Crippen LogP contribution in [-0.4, -0.2) is 22.4 Å². The number of hydrogen-bond donors (Lipinski definition) is 3. The molecule has 3 nitrogen and oxygen atoms in total. The Morgan fingerprint density at radius 2 is 2.14 bits per heavy atom. The fourth-order valence-corrected chi connectivity index (χ4v) is 3.93. The van der Waals surface area contributed by atoms with E-state index in [1.54, 1.807) is 6.07 Å². The van der Waals surface area contributed by atoms with Crippen molar-refractivity contribution in [3.8, 4) is 0 Å². The van der Waals surface area contributed by atoms with Gasteiger partial charge in [0.1, 0.15) is 5.82 Å². The van der Waals surface area contributed by atoms with Crippen molar-refractivity contribution in [3.05, 3.63) is 35.1 Å². The highest BCUT2D eigenvalue weighted by Crippen LogP contribution is 2.33. The van der Waals surface area contributed by atoms with Gasteiger partial charge in [0, 0.05) is 0 Å². The molecule has 0 heterocycles. The molecular formula is C16H21FN2OS. The minimum absolute atomic E-state index is 0.0628. The van der Waals surface area contributed by atoms with Gasteiger partial charge >= 0.3 is 0 Å². The molecule has 0 aromatic heterocycles. The van der Waals surface area contributed by atoms with E-state index in [1.807, 2.05) is 6.07 Å². The van der Waals surface area contributed by atoms with E-state index in [-0.39, 0.29) is 24.0 Å². The maximum Gasteiger partial charge on any atom is 0.167 e. The maximum atomic E-state index is 13.7. The number of aliphatic hydroxyl groups excluding tert-OH is 1. The molecule has 2 aliphatic carbocycles. The van der Waals surface area contributed by atoms with Crippen LogP contribution in [0.4, 0.5) is 4.39 Å². The molecule has 1 unspecified atom stereocenters. The lowest BCUT2D eigenvalue weighted by Crippen LogP contribution is -2.53. The molecule has 3 rings (SSSR count). The van der Waals surface area contributed by atoms with Gasteiger partial charge in [-0.15, -0.1) is 0 Å². The molecular weight excluding hydrogens is 287 g/mol. The number of benzene rings is 1. The number of nitrogens with one attached hydrogen (secondary N) is 2. The molecule has 0 bridgehead atoms. The first-order valence-corrected chi connectivity index (χ1v) is 8.01. The highest BCUT2D eigenvalue weighted by molar-refractivity contribution is 7.80. The summed E-state index contributed by atoms with van der Waals surface area (Å²) in [6.07, 6.45) is 5.72. The molecule has 1 aromatic rings. The van der Waals surface area contributed by atoms with E-state index < -0.39 is 0 Å². The third kappa shape index (κ3) is 2.90. The summed E-state index contributed by atoms with van der Waals surface area (Å²) < 4.78 is 13.7. The van der Waals surface area contributed by atoms with Crippen molar-refractivity contribution in [1.82, 2.24) is 10.6 Å². The molecule has 114 valence electrons. The van der Waals surface area contributed by atoms with Crippen LogP contribution in [0.25, 0.3) is 0 Å². The van der Waals surface area contributed by atoms with Gasteiger partial charge in [0.2, 0.25) is 0 Å². The van der Waals surface area contributed by atoms with Gasteiger partial charge in [0.15, 0.2) is 5.11 Å². The molecule has 0 spiro atoms. The van der Waals surface area contributed by atoms with Gasteiger partial charge in [-0.1, -0.05) is 25.0 Å². The van der Waals surface area contributed by atoms with Crippen LogP contribution in [-0.2, 0) is 6.42 Å². The molecule has 1 saturated carbocycles. The SMILES string of the molecule is OCC1(NC(=S)NC2CCc3c(F)cccc32)CCCC1. The van der Waals surface area contributed by atoms with Crippen molar-refractivity contribution >= 4 is 17.3 Å². The Hall–Kier alpha value is -1.20. The van der Waals surface area contributed by atoms with Crippen LogP contribution in [0.1, 0.15) is 49.3 Å². The molecule has 21 heavy (non-hydrogen) atoms. The van der Waals surface area contributed by atoms with Gasteiger partial charge in [0.25, 0.3) is 0 Å². The first-order valence-electron chi connectivity index (χ1n) is 7.60. The summed E-state index contributed by atoms with van der Waals surface area (Å²) in [6, 6.07) is 5.28. The summed E-state index contributed by atoms with van der Waals surface area (Å²) in [5.74, 6) is -0.127. The van der Waals surface area contributed by atoms with E-state index >= 15 is 0 Å². The summed E-state index contributed by atoms with van der Waals surface area (Å²) in [7, 11) is 0. The molecule has 0 radical (unpaired) electrons. The van der Waals surface area contributed by atoms with E-state index in [9.17, 15) is 9.50 Å². The summed E-state index contributed by atoms with van der Waals surface area (Å²) in [6.45, 7) is 0.102. The molecule has 3 N–H and O–H groups in total. The van der Waals surface area contributed by atoms with Gasteiger partial charge in [-0.3, -0.25) is 0 Å². The Balaban J connectivity index is 1.66. The fraction of sp³-hybridized carbons (Fsp3) is 0.562. The predicted octanol–water partition coefficient (Wildman–Crippen LogP) is 2.58. The quantitative estimate of drug-likeness (QED) is 0.751. The van der Waals surface area contributed by atoms with Crippen molar-refractivity contribution in [2.24, 2.45) is 0 Å². The third-order valence-corrected chi connectivity index (χ3v) is 4.98. The van der Waals surface area contributed by atoms with E-state index in [4.69, 9.17) is 12.2 Å². The van der Waals surface area contributed by atoms with Crippen molar-refractivity contribution in [2.75, 3.05) is 6.61 Å². The fourth-order valence-electron chi connectivity index (χ4n) is 3.57. The van der Waals surface area contributed by atoms with Crippen LogP contribution < -0.4 is 10.6 Å². The van der Waals surface area contributed by atoms with E-state index in [2.05, 4.69) is 10.6 Å². The molecule has 1 atom stereocenters. The van der Waals surface area contributed by atoms with E-state index in [0.717, 1.165) is 49.7 Å². The van der Waals surface area contributed by atoms with Crippen LogP contribution in [0.2, 0.25) is 0 Å². The summed E-state index contributed by atoms with van der Waals surface area (Å²) >= 11 is 5.40. The summed E-state index contributed by atoms with van der Waals surface area (Å²) in [5.41, 5.74) is 1.53. The molecule has 1 aromatic carbocycles. The molecule has 5 heteroatoms. The zero-order chi connectivity index (χ0) is 14.9. The van der Waals surface area contributed by atoms with Crippen LogP contribution in [0.3, 0.4) is 0 Å². The van der Waals surface area contributed by atoms with Crippen LogP contribution >= 0.6 is 12.2 Å². The van der Waals surface area contributed by atoms with Crippen molar-refractivity contribution < 1.29 is 9.50 Å². The highest BCUT2D eigenvalue weighted by Gasteiger charge is 2.34. The second kappa shape index (κ2) is 5.89. The summed E-state index contributed by atoms with van der Waals surface area (Å²) in [5, 5.41) is 16.8. The Labute approximate surface area is 129 Å². The van der Waals surface area contributed by atoms with Gasteiger partial charge in [-0.05, 0) is 55.1 Å². The lowest BCUT2D eigenvalue weighted by atomic mass is 9.99. The first-order chi connectivity index (χ1) is 10.1. The topological polar surface area (TPSA) is 44.3 Å². The number of fused-ring (bicyclic) bond motifs is 1. The first kappa shape index (κ1) is 14.7. The molecule has 1 fully saturated rings. The van der Waals surface area contributed by atoms with Crippen molar-refractivity contribution in [3.63, 3.8) is 0 Å². The van der Waals surface area contributed by atoms with Gasteiger partial charge in [-0.25, -0.2) is 4.39 Å². The van der Waals surface area contributed by atoms with Crippen molar-refractivity contribution in [2.45, 2.75) is 50.1 Å². The average Bonchev–Trinajstić information content (AvgIpc) is 3.08. The minimum Gasteiger partial charge on any atom is -0.394 e. The predicted molar refractivity (Wildman–Crippen MR) is 84.6 cm³/mol. The lowest BCUT2D eigenvalue weighted by molar-refractivity contribution is 0.182. The normalized spacial score (nSPS) is 22.9. The largest absolute Gasteiger partial charge is 0.394 e. The molecule has 0 aliphatic heterocycles. The minimum atomic E-state index is -0.270. The van der Waals surface area contributed by atoms with Crippen molar-refractivity contribution in [1.29, 1.82) is 0 Å². The second-order valence-corrected chi connectivity index (χ2v) is 6.55. The standard InChI is InChI=1S/C16H21FN2OS/c17-13-5-3-4-12-11(13)6-7-14(12)18-15(21)19-16(10-20)8-1-2-9-16/h3-5,14,20H,1-2,6-10H2,(H2,18,19,21). The number of aliphatic hydroxyl groups is 1. The Kier molecular flexibility index (Phi) is 4.13. The maximum absolute atomic E-state index is 13.7. The van der Waals surface area contributed by atoms with Crippen LogP contribution in [0.15, 0.2) is 18.2 Å². The van der Waals surface area contributed by atoms with Gasteiger partial charge in [-0.2, -0.15) is 0 Å².